The van der Waals surface area contributed by atoms with Gasteiger partial charge >= 0.3 is 0 Å². The quantitative estimate of drug-likeness (QED) is 0.644. The molecule has 0 aromatic heterocycles. The van der Waals surface area contributed by atoms with Gasteiger partial charge in [-0.15, -0.1) is 0 Å². The van der Waals surface area contributed by atoms with Gasteiger partial charge in [-0.05, 0) is 30.7 Å². The van der Waals surface area contributed by atoms with Crippen molar-refractivity contribution in [1.29, 1.82) is 0 Å². The third-order valence-electron chi connectivity index (χ3n) is 2.34. The summed E-state index contributed by atoms with van der Waals surface area (Å²) in [5, 5.41) is 0.559. The van der Waals surface area contributed by atoms with Gasteiger partial charge in [0.1, 0.15) is 5.75 Å². The van der Waals surface area contributed by atoms with Crippen molar-refractivity contribution < 1.29 is 9.53 Å². The smallest absolute Gasteiger partial charge is 0.214 e. The van der Waals surface area contributed by atoms with Gasteiger partial charge in [0.25, 0.3) is 0 Å². The highest BCUT2D eigenvalue weighted by atomic mass is 35.5. The summed E-state index contributed by atoms with van der Waals surface area (Å²) in [6, 6.07) is 7.46. The summed E-state index contributed by atoms with van der Waals surface area (Å²) in [7, 11) is 1.61. The van der Waals surface area contributed by atoms with E-state index in [2.05, 4.69) is 0 Å². The number of ether oxygens (including phenoxy) is 1. The summed E-state index contributed by atoms with van der Waals surface area (Å²) in [6.45, 7) is 2.15. The Morgan fingerprint density at radius 1 is 1.42 bits per heavy atom. The van der Waals surface area contributed by atoms with Crippen molar-refractivity contribution in [2.75, 3.05) is 7.11 Å². The fourth-order valence-electron chi connectivity index (χ4n) is 1.51. The lowest BCUT2D eigenvalue weighted by Crippen LogP contribution is -2.16. The van der Waals surface area contributed by atoms with Crippen molar-refractivity contribution in [3.63, 3.8) is 0 Å². The van der Waals surface area contributed by atoms with Crippen LogP contribution in [0.5, 0.6) is 5.75 Å². The van der Waals surface area contributed by atoms with Crippen LogP contribution in [0.15, 0.2) is 47.3 Å². The zero-order chi connectivity index (χ0) is 14.3. The summed E-state index contributed by atoms with van der Waals surface area (Å²) >= 11 is 5.71. The van der Waals surface area contributed by atoms with E-state index >= 15 is 0 Å². The molecule has 0 saturated carbocycles. The third-order valence-corrected chi connectivity index (χ3v) is 2.45. The molecule has 0 bridgehead atoms. The van der Waals surface area contributed by atoms with E-state index in [1.165, 1.54) is 4.90 Å². The normalized spacial score (nSPS) is 12.2. The standard InChI is InChI=1S/C14H17ClN2O2/c1-11(15)7-13(16)9-17(10-18)8-12-3-5-14(19-2)6-4-12/h3-7,9-10H,8,16H2,1-2H3/b11-7+,13-9+. The van der Waals surface area contributed by atoms with Crippen molar-refractivity contribution in [3.05, 3.63) is 52.8 Å². The van der Waals surface area contributed by atoms with Gasteiger partial charge in [0.15, 0.2) is 0 Å². The second-order valence-corrected chi connectivity index (χ2v) is 4.58. The predicted octanol–water partition coefficient (Wildman–Crippen LogP) is 2.60. The Hall–Kier alpha value is -1.94. The molecule has 1 aromatic rings. The number of carbonyl (C=O) groups excluding carboxylic acids is 1. The molecule has 0 heterocycles. The number of nitrogens with zero attached hydrogens (tertiary/aromatic N) is 1. The number of benzene rings is 1. The zero-order valence-electron chi connectivity index (χ0n) is 11.0. The number of hydrogen-bond acceptors (Lipinski definition) is 3. The molecule has 1 rings (SSSR count). The molecule has 1 amide bonds. The number of halogens is 1. The Bertz CT molecular complexity index is 477. The molecular weight excluding hydrogens is 264 g/mol. The minimum Gasteiger partial charge on any atom is -0.497 e. The van der Waals surface area contributed by atoms with E-state index in [9.17, 15) is 4.79 Å². The molecule has 0 saturated heterocycles. The number of methoxy groups -OCH3 is 1. The Balaban J connectivity index is 2.76. The summed E-state index contributed by atoms with van der Waals surface area (Å²) < 4.78 is 5.07. The molecule has 2 N–H and O–H groups in total. The maximum atomic E-state index is 11.0. The van der Waals surface area contributed by atoms with Crippen LogP contribution in [0.3, 0.4) is 0 Å². The van der Waals surface area contributed by atoms with Gasteiger partial charge in [0.05, 0.1) is 13.7 Å². The first-order valence-electron chi connectivity index (χ1n) is 5.70. The maximum absolute atomic E-state index is 11.0. The molecule has 5 heteroatoms. The first-order valence-corrected chi connectivity index (χ1v) is 6.08. The lowest BCUT2D eigenvalue weighted by atomic mass is 10.2. The number of carbonyl (C=O) groups is 1. The highest BCUT2D eigenvalue weighted by Gasteiger charge is 2.01. The van der Waals surface area contributed by atoms with Gasteiger partial charge in [-0.25, -0.2) is 0 Å². The Labute approximate surface area is 118 Å². The molecule has 1 aromatic carbocycles. The van der Waals surface area contributed by atoms with Crippen molar-refractivity contribution >= 4 is 18.0 Å². The van der Waals surface area contributed by atoms with E-state index in [1.807, 2.05) is 24.3 Å². The fraction of sp³-hybridized carbons (Fsp3) is 0.214. The Morgan fingerprint density at radius 3 is 2.53 bits per heavy atom. The van der Waals surface area contributed by atoms with Crippen LogP contribution in [0, 0.1) is 0 Å². The molecule has 0 aliphatic carbocycles. The largest absolute Gasteiger partial charge is 0.497 e. The van der Waals surface area contributed by atoms with E-state index < -0.39 is 0 Å². The number of nitrogens with two attached hydrogens (primary N) is 1. The lowest BCUT2D eigenvalue weighted by molar-refractivity contribution is -0.116. The molecule has 0 radical (unpaired) electrons. The maximum Gasteiger partial charge on any atom is 0.214 e. The number of amides is 1. The molecular formula is C14H17ClN2O2. The van der Waals surface area contributed by atoms with E-state index in [1.54, 1.807) is 26.3 Å². The van der Waals surface area contributed by atoms with Crippen LogP contribution in [0.4, 0.5) is 0 Å². The first kappa shape index (κ1) is 15.1. The average molecular weight is 281 g/mol. The van der Waals surface area contributed by atoms with Crippen LogP contribution in [-0.4, -0.2) is 18.4 Å². The van der Waals surface area contributed by atoms with Gasteiger partial charge in [-0.3, -0.25) is 4.79 Å². The van der Waals surface area contributed by atoms with Crippen molar-refractivity contribution in [3.8, 4) is 5.75 Å². The number of hydrogen-bond donors (Lipinski definition) is 1. The van der Waals surface area contributed by atoms with Crippen LogP contribution < -0.4 is 10.5 Å². The fourth-order valence-corrected chi connectivity index (χ4v) is 1.64. The van der Waals surface area contributed by atoms with Crippen molar-refractivity contribution in [2.24, 2.45) is 5.73 Å². The van der Waals surface area contributed by atoms with Gasteiger partial charge in [-0.1, -0.05) is 23.7 Å². The van der Waals surface area contributed by atoms with Crippen molar-refractivity contribution in [1.82, 2.24) is 4.90 Å². The van der Waals surface area contributed by atoms with E-state index in [4.69, 9.17) is 22.1 Å². The van der Waals surface area contributed by atoms with Gasteiger partial charge in [0, 0.05) is 16.9 Å². The van der Waals surface area contributed by atoms with Crippen LogP contribution in [0.1, 0.15) is 12.5 Å². The highest BCUT2D eigenvalue weighted by Crippen LogP contribution is 2.13. The number of rotatable bonds is 6. The lowest BCUT2D eigenvalue weighted by Gasteiger charge is -2.13. The van der Waals surface area contributed by atoms with Crippen LogP contribution in [-0.2, 0) is 11.3 Å². The molecule has 0 aliphatic heterocycles. The topological polar surface area (TPSA) is 55.6 Å². The van der Waals surface area contributed by atoms with E-state index in [-0.39, 0.29) is 0 Å². The Kier molecular flexibility index (Phi) is 5.96. The van der Waals surface area contributed by atoms with Gasteiger partial charge < -0.3 is 15.4 Å². The Morgan fingerprint density at radius 2 is 2.05 bits per heavy atom. The molecule has 102 valence electrons. The minimum atomic E-state index is 0.424. The second-order valence-electron chi connectivity index (χ2n) is 3.99. The molecule has 19 heavy (non-hydrogen) atoms. The average Bonchev–Trinajstić information content (AvgIpc) is 2.37. The molecule has 0 aliphatic rings. The second kappa shape index (κ2) is 7.48. The summed E-state index contributed by atoms with van der Waals surface area (Å²) in [5.41, 5.74) is 7.13. The van der Waals surface area contributed by atoms with Crippen LogP contribution >= 0.6 is 11.6 Å². The predicted molar refractivity (Wildman–Crippen MR) is 76.5 cm³/mol. The summed E-state index contributed by atoms with van der Waals surface area (Å²) in [4.78, 5) is 12.5. The molecule has 0 spiro atoms. The molecule has 0 fully saturated rings. The van der Waals surface area contributed by atoms with Gasteiger partial charge in [0.2, 0.25) is 6.41 Å². The summed E-state index contributed by atoms with van der Waals surface area (Å²) in [6.07, 6.45) is 3.85. The number of allylic oxidation sites excluding steroid dienone is 2. The SMILES string of the molecule is COc1ccc(CN(C=O)/C=C(N)\C=C(/C)Cl)cc1. The van der Waals surface area contributed by atoms with Gasteiger partial charge in [-0.2, -0.15) is 0 Å². The molecule has 4 nitrogen and oxygen atoms in total. The van der Waals surface area contributed by atoms with Crippen LogP contribution in [0.25, 0.3) is 0 Å². The van der Waals surface area contributed by atoms with Crippen molar-refractivity contribution in [2.45, 2.75) is 13.5 Å². The van der Waals surface area contributed by atoms with Crippen LogP contribution in [0.2, 0.25) is 0 Å². The van der Waals surface area contributed by atoms with E-state index in [0.717, 1.165) is 11.3 Å². The zero-order valence-corrected chi connectivity index (χ0v) is 11.7. The summed E-state index contributed by atoms with van der Waals surface area (Å²) in [5.74, 6) is 0.775. The third kappa shape index (κ3) is 5.48. The molecule has 0 unspecified atom stereocenters. The minimum absolute atomic E-state index is 0.424. The first-order chi connectivity index (χ1) is 9.05. The highest BCUT2D eigenvalue weighted by molar-refractivity contribution is 6.29. The monoisotopic (exact) mass is 280 g/mol. The molecule has 0 atom stereocenters. The van der Waals surface area contributed by atoms with E-state index in [0.29, 0.717) is 23.7 Å².